The highest BCUT2D eigenvalue weighted by molar-refractivity contribution is 6.00. The van der Waals surface area contributed by atoms with Gasteiger partial charge in [-0.25, -0.2) is 0 Å². The molecule has 0 saturated carbocycles. The second-order valence-electron chi connectivity index (χ2n) is 7.99. The van der Waals surface area contributed by atoms with Crippen LogP contribution in [0.3, 0.4) is 0 Å². The first kappa shape index (κ1) is 20.9. The fourth-order valence-corrected chi connectivity index (χ4v) is 4.19. The van der Waals surface area contributed by atoms with Crippen LogP contribution in [0, 0.1) is 5.92 Å². The summed E-state index contributed by atoms with van der Waals surface area (Å²) in [5.74, 6) is -0.522. The molecule has 2 aliphatic heterocycles. The minimum absolute atomic E-state index is 0.0429. The van der Waals surface area contributed by atoms with E-state index in [-0.39, 0.29) is 36.5 Å². The number of para-hydroxylation sites is 2. The molecular weight excluding hydrogens is 392 g/mol. The summed E-state index contributed by atoms with van der Waals surface area (Å²) in [4.78, 5) is 43.1. The van der Waals surface area contributed by atoms with Gasteiger partial charge < -0.3 is 20.0 Å². The van der Waals surface area contributed by atoms with E-state index in [1.54, 1.807) is 4.90 Å². The van der Waals surface area contributed by atoms with Gasteiger partial charge in [-0.3, -0.25) is 14.4 Å². The van der Waals surface area contributed by atoms with Crippen LogP contribution in [0.5, 0.6) is 0 Å². The van der Waals surface area contributed by atoms with Crippen molar-refractivity contribution >= 4 is 29.1 Å². The third-order valence-electron chi connectivity index (χ3n) is 5.96. The summed E-state index contributed by atoms with van der Waals surface area (Å²) in [7, 11) is 0. The first-order valence-corrected chi connectivity index (χ1v) is 10.8. The van der Waals surface area contributed by atoms with E-state index in [0.29, 0.717) is 26.2 Å². The van der Waals surface area contributed by atoms with Gasteiger partial charge in [-0.1, -0.05) is 36.4 Å². The molecule has 7 heteroatoms. The van der Waals surface area contributed by atoms with Gasteiger partial charge in [0.2, 0.25) is 17.7 Å². The molecule has 7 nitrogen and oxygen atoms in total. The monoisotopic (exact) mass is 420 g/mol. The number of amides is 3. The molecule has 2 saturated heterocycles. The van der Waals surface area contributed by atoms with Crippen molar-refractivity contribution in [3.05, 3.63) is 60.7 Å². The SMILES string of the molecule is O=C(NCCC(=O)N1CCN(c2ccccc2)CC1)[C@@H]1CC(=O)N(c2ccccc2)C1. The Kier molecular flexibility index (Phi) is 6.50. The van der Waals surface area contributed by atoms with Crippen LogP contribution in [-0.4, -0.2) is 61.9 Å². The number of hydrogen-bond acceptors (Lipinski definition) is 4. The number of hydrogen-bond donors (Lipinski definition) is 1. The molecule has 0 spiro atoms. The summed E-state index contributed by atoms with van der Waals surface area (Å²) in [5.41, 5.74) is 1.99. The summed E-state index contributed by atoms with van der Waals surface area (Å²) in [6, 6.07) is 19.6. The van der Waals surface area contributed by atoms with Crippen molar-refractivity contribution < 1.29 is 14.4 Å². The van der Waals surface area contributed by atoms with Crippen LogP contribution < -0.4 is 15.1 Å². The van der Waals surface area contributed by atoms with E-state index < -0.39 is 0 Å². The molecule has 0 aliphatic carbocycles. The van der Waals surface area contributed by atoms with Crippen LogP contribution >= 0.6 is 0 Å². The Morgan fingerprint density at radius 1 is 0.871 bits per heavy atom. The quantitative estimate of drug-likeness (QED) is 0.775. The molecule has 1 atom stereocenters. The maximum absolute atomic E-state index is 12.5. The van der Waals surface area contributed by atoms with Gasteiger partial charge in [0.25, 0.3) is 0 Å². The smallest absolute Gasteiger partial charge is 0.227 e. The fraction of sp³-hybridized carbons (Fsp3) is 0.375. The van der Waals surface area contributed by atoms with Gasteiger partial charge in [0.15, 0.2) is 0 Å². The molecule has 2 heterocycles. The van der Waals surface area contributed by atoms with Crippen LogP contribution in [0.25, 0.3) is 0 Å². The number of carbonyl (C=O) groups is 3. The lowest BCUT2D eigenvalue weighted by molar-refractivity contribution is -0.131. The molecular formula is C24H28N4O3. The number of anilines is 2. The molecule has 3 amide bonds. The van der Waals surface area contributed by atoms with Gasteiger partial charge in [0.05, 0.1) is 5.92 Å². The third-order valence-corrected chi connectivity index (χ3v) is 5.96. The molecule has 2 fully saturated rings. The molecule has 0 radical (unpaired) electrons. The Balaban J connectivity index is 1.19. The van der Waals surface area contributed by atoms with Gasteiger partial charge in [0.1, 0.15) is 0 Å². The minimum atomic E-state index is -0.378. The zero-order chi connectivity index (χ0) is 21.6. The molecule has 4 rings (SSSR count). The molecule has 1 N–H and O–H groups in total. The van der Waals surface area contributed by atoms with E-state index in [0.717, 1.165) is 18.8 Å². The van der Waals surface area contributed by atoms with Crippen LogP contribution in [0.4, 0.5) is 11.4 Å². The van der Waals surface area contributed by atoms with Crippen LogP contribution in [0.2, 0.25) is 0 Å². The second-order valence-corrected chi connectivity index (χ2v) is 7.99. The lowest BCUT2D eigenvalue weighted by Crippen LogP contribution is -2.49. The van der Waals surface area contributed by atoms with Gasteiger partial charge in [-0.15, -0.1) is 0 Å². The molecule has 31 heavy (non-hydrogen) atoms. The lowest BCUT2D eigenvalue weighted by atomic mass is 10.1. The largest absolute Gasteiger partial charge is 0.368 e. The second kappa shape index (κ2) is 9.64. The average molecular weight is 421 g/mol. The summed E-state index contributed by atoms with van der Waals surface area (Å²) in [6.45, 7) is 3.66. The number of carbonyl (C=O) groups excluding carboxylic acids is 3. The molecule has 162 valence electrons. The highest BCUT2D eigenvalue weighted by Gasteiger charge is 2.35. The van der Waals surface area contributed by atoms with Crippen molar-refractivity contribution in [3.63, 3.8) is 0 Å². The van der Waals surface area contributed by atoms with E-state index >= 15 is 0 Å². The molecule has 0 aromatic heterocycles. The highest BCUT2D eigenvalue weighted by atomic mass is 16.2. The van der Waals surface area contributed by atoms with Gasteiger partial charge in [-0.2, -0.15) is 0 Å². The molecule has 2 aliphatic rings. The van der Waals surface area contributed by atoms with Crippen molar-refractivity contribution in [2.45, 2.75) is 12.8 Å². The fourth-order valence-electron chi connectivity index (χ4n) is 4.19. The topological polar surface area (TPSA) is 73.0 Å². The Bertz CT molecular complexity index is 911. The van der Waals surface area contributed by atoms with E-state index in [2.05, 4.69) is 22.3 Å². The number of nitrogens with one attached hydrogen (secondary N) is 1. The van der Waals surface area contributed by atoms with E-state index in [1.165, 1.54) is 5.69 Å². The highest BCUT2D eigenvalue weighted by Crippen LogP contribution is 2.24. The Labute approximate surface area is 182 Å². The van der Waals surface area contributed by atoms with Crippen molar-refractivity contribution in [1.29, 1.82) is 0 Å². The normalized spacial score (nSPS) is 18.9. The minimum Gasteiger partial charge on any atom is -0.368 e. The first-order valence-electron chi connectivity index (χ1n) is 10.8. The molecule has 2 aromatic rings. The van der Waals surface area contributed by atoms with Gasteiger partial charge in [-0.05, 0) is 24.3 Å². The van der Waals surface area contributed by atoms with Crippen LogP contribution in [0.1, 0.15) is 12.8 Å². The van der Waals surface area contributed by atoms with E-state index in [1.807, 2.05) is 53.4 Å². The third kappa shape index (κ3) is 5.05. The van der Waals surface area contributed by atoms with Gasteiger partial charge >= 0.3 is 0 Å². The molecule has 0 unspecified atom stereocenters. The number of rotatable bonds is 6. The zero-order valence-corrected chi connectivity index (χ0v) is 17.6. The number of benzene rings is 2. The predicted octanol–water partition coefficient (Wildman–Crippen LogP) is 1.89. The Morgan fingerprint density at radius 3 is 2.13 bits per heavy atom. The van der Waals surface area contributed by atoms with Crippen molar-refractivity contribution in [3.8, 4) is 0 Å². The standard InChI is InChI=1S/C24H28N4O3/c29-22(27-15-13-26(14-16-27)20-7-3-1-4-8-20)11-12-25-24(31)19-17-23(30)28(18-19)21-9-5-2-6-10-21/h1-10,19H,11-18H2,(H,25,31)/t19-/m1/s1. The van der Waals surface area contributed by atoms with Crippen LogP contribution in [0.15, 0.2) is 60.7 Å². The molecule has 0 bridgehead atoms. The summed E-state index contributed by atoms with van der Waals surface area (Å²) in [5, 5.41) is 2.85. The van der Waals surface area contributed by atoms with Crippen molar-refractivity contribution in [1.82, 2.24) is 10.2 Å². The predicted molar refractivity (Wildman–Crippen MR) is 120 cm³/mol. The van der Waals surface area contributed by atoms with Gasteiger partial charge in [0, 0.05) is 63.5 Å². The maximum Gasteiger partial charge on any atom is 0.227 e. The van der Waals surface area contributed by atoms with Crippen molar-refractivity contribution in [2.75, 3.05) is 49.1 Å². The zero-order valence-electron chi connectivity index (χ0n) is 17.6. The molecule has 2 aromatic carbocycles. The van der Waals surface area contributed by atoms with Crippen molar-refractivity contribution in [2.24, 2.45) is 5.92 Å². The summed E-state index contributed by atoms with van der Waals surface area (Å²) >= 11 is 0. The van der Waals surface area contributed by atoms with E-state index in [9.17, 15) is 14.4 Å². The Morgan fingerprint density at radius 2 is 1.48 bits per heavy atom. The average Bonchev–Trinajstić information content (AvgIpc) is 3.22. The first-order chi connectivity index (χ1) is 15.1. The van der Waals surface area contributed by atoms with E-state index in [4.69, 9.17) is 0 Å². The lowest BCUT2D eigenvalue weighted by Gasteiger charge is -2.36. The maximum atomic E-state index is 12.5. The number of nitrogens with zero attached hydrogens (tertiary/aromatic N) is 3. The number of piperazine rings is 1. The Hall–Kier alpha value is -3.35. The summed E-state index contributed by atoms with van der Waals surface area (Å²) in [6.07, 6.45) is 0.482. The summed E-state index contributed by atoms with van der Waals surface area (Å²) < 4.78 is 0. The van der Waals surface area contributed by atoms with Crippen LogP contribution in [-0.2, 0) is 14.4 Å².